The molecule has 1 fully saturated rings. The minimum absolute atomic E-state index is 0.179. The summed E-state index contributed by atoms with van der Waals surface area (Å²) in [5.41, 5.74) is 0.179. The molecule has 0 saturated carbocycles. The van der Waals surface area contributed by atoms with Crippen LogP contribution in [0.4, 0.5) is 0 Å². The first-order chi connectivity index (χ1) is 4.55. The highest BCUT2D eigenvalue weighted by Gasteiger charge is 2.35. The zero-order chi connectivity index (χ0) is 7.78. The van der Waals surface area contributed by atoms with Gasteiger partial charge in [0.25, 0.3) is 0 Å². The second-order valence-corrected chi connectivity index (χ2v) is 3.80. The van der Waals surface area contributed by atoms with Crippen LogP contribution in [0.25, 0.3) is 0 Å². The minimum Gasteiger partial charge on any atom is -0.283 e. The minimum atomic E-state index is 0.179. The SMILES string of the molecule is CC(C)(C)N1CCC1C#N. The molecule has 10 heavy (non-hydrogen) atoms. The molecular weight excluding hydrogens is 124 g/mol. The van der Waals surface area contributed by atoms with Crippen molar-refractivity contribution in [3.63, 3.8) is 0 Å². The molecule has 0 aliphatic carbocycles. The maximum Gasteiger partial charge on any atom is 0.0994 e. The summed E-state index contributed by atoms with van der Waals surface area (Å²) in [4.78, 5) is 2.23. The van der Waals surface area contributed by atoms with Crippen molar-refractivity contribution in [2.45, 2.75) is 38.8 Å². The third-order valence-corrected chi connectivity index (χ3v) is 2.03. The van der Waals surface area contributed by atoms with Crippen molar-refractivity contribution in [2.24, 2.45) is 0 Å². The van der Waals surface area contributed by atoms with Crippen LogP contribution in [0.1, 0.15) is 27.2 Å². The van der Waals surface area contributed by atoms with Gasteiger partial charge in [0, 0.05) is 12.1 Å². The number of hydrogen-bond donors (Lipinski definition) is 0. The first kappa shape index (κ1) is 7.56. The van der Waals surface area contributed by atoms with Crippen molar-refractivity contribution >= 4 is 0 Å². The van der Waals surface area contributed by atoms with E-state index in [9.17, 15) is 0 Å². The lowest BCUT2D eigenvalue weighted by Crippen LogP contribution is -2.56. The first-order valence-electron chi connectivity index (χ1n) is 3.72. The fraction of sp³-hybridized carbons (Fsp3) is 0.875. The van der Waals surface area contributed by atoms with Crippen LogP contribution in [-0.4, -0.2) is 23.0 Å². The van der Waals surface area contributed by atoms with Crippen LogP contribution in [0.3, 0.4) is 0 Å². The van der Waals surface area contributed by atoms with Crippen molar-refractivity contribution in [3.8, 4) is 6.07 Å². The molecular formula is C8H14N2. The fourth-order valence-corrected chi connectivity index (χ4v) is 1.32. The van der Waals surface area contributed by atoms with E-state index < -0.39 is 0 Å². The molecule has 1 rings (SSSR count). The van der Waals surface area contributed by atoms with E-state index in [1.54, 1.807) is 0 Å². The maximum atomic E-state index is 8.63. The molecule has 0 N–H and O–H groups in total. The van der Waals surface area contributed by atoms with Gasteiger partial charge in [0.2, 0.25) is 0 Å². The van der Waals surface area contributed by atoms with Gasteiger partial charge in [-0.15, -0.1) is 0 Å². The number of hydrogen-bond acceptors (Lipinski definition) is 2. The summed E-state index contributed by atoms with van der Waals surface area (Å²) in [5.74, 6) is 0. The molecule has 56 valence electrons. The molecule has 1 aliphatic heterocycles. The van der Waals surface area contributed by atoms with Gasteiger partial charge < -0.3 is 0 Å². The molecule has 1 unspecified atom stereocenters. The third kappa shape index (κ3) is 1.15. The molecule has 0 amide bonds. The summed E-state index contributed by atoms with van der Waals surface area (Å²) in [7, 11) is 0. The molecule has 2 heteroatoms. The topological polar surface area (TPSA) is 27.0 Å². The van der Waals surface area contributed by atoms with E-state index in [0.717, 1.165) is 13.0 Å². The molecule has 0 radical (unpaired) electrons. The van der Waals surface area contributed by atoms with Crippen molar-refractivity contribution in [2.75, 3.05) is 6.54 Å². The van der Waals surface area contributed by atoms with Gasteiger partial charge in [0.15, 0.2) is 0 Å². The lowest BCUT2D eigenvalue weighted by molar-refractivity contribution is 0.0312. The molecule has 1 saturated heterocycles. The van der Waals surface area contributed by atoms with E-state index in [4.69, 9.17) is 5.26 Å². The quantitative estimate of drug-likeness (QED) is 0.505. The second kappa shape index (κ2) is 2.25. The first-order valence-corrected chi connectivity index (χ1v) is 3.72. The fourth-order valence-electron chi connectivity index (χ4n) is 1.32. The number of likely N-dealkylation sites (tertiary alicyclic amines) is 1. The van der Waals surface area contributed by atoms with Crippen molar-refractivity contribution in [3.05, 3.63) is 0 Å². The second-order valence-electron chi connectivity index (χ2n) is 3.80. The Morgan fingerprint density at radius 2 is 2.10 bits per heavy atom. The Morgan fingerprint density at radius 1 is 1.50 bits per heavy atom. The van der Waals surface area contributed by atoms with E-state index >= 15 is 0 Å². The van der Waals surface area contributed by atoms with Crippen LogP contribution < -0.4 is 0 Å². The predicted octanol–water partition coefficient (Wildman–Crippen LogP) is 1.38. The van der Waals surface area contributed by atoms with E-state index in [1.165, 1.54) is 0 Å². The average molecular weight is 138 g/mol. The Balaban J connectivity index is 2.53. The van der Waals surface area contributed by atoms with E-state index in [1.807, 2.05) is 0 Å². The van der Waals surface area contributed by atoms with Crippen LogP contribution >= 0.6 is 0 Å². The average Bonchev–Trinajstić information content (AvgIpc) is 1.57. The molecule has 2 nitrogen and oxygen atoms in total. The van der Waals surface area contributed by atoms with Gasteiger partial charge >= 0.3 is 0 Å². The number of nitriles is 1. The molecule has 1 heterocycles. The predicted molar refractivity (Wildman–Crippen MR) is 40.5 cm³/mol. The highest BCUT2D eigenvalue weighted by Crippen LogP contribution is 2.26. The van der Waals surface area contributed by atoms with Crippen molar-refractivity contribution < 1.29 is 0 Å². The third-order valence-electron chi connectivity index (χ3n) is 2.03. The summed E-state index contributed by atoms with van der Waals surface area (Å²) in [5, 5.41) is 8.63. The Hall–Kier alpha value is -0.550. The summed E-state index contributed by atoms with van der Waals surface area (Å²) >= 11 is 0. The Morgan fingerprint density at radius 3 is 2.20 bits per heavy atom. The van der Waals surface area contributed by atoms with Crippen LogP contribution in [-0.2, 0) is 0 Å². The van der Waals surface area contributed by atoms with Crippen molar-refractivity contribution in [1.82, 2.24) is 4.90 Å². The molecule has 0 aromatic heterocycles. The van der Waals surface area contributed by atoms with Gasteiger partial charge in [0.1, 0.15) is 0 Å². The van der Waals surface area contributed by atoms with Gasteiger partial charge in [-0.1, -0.05) is 0 Å². The molecule has 0 spiro atoms. The lowest BCUT2D eigenvalue weighted by atomic mass is 9.94. The Bertz CT molecular complexity index is 161. The number of rotatable bonds is 0. The van der Waals surface area contributed by atoms with Crippen LogP contribution in [0.15, 0.2) is 0 Å². The van der Waals surface area contributed by atoms with Crippen molar-refractivity contribution in [1.29, 1.82) is 5.26 Å². The largest absolute Gasteiger partial charge is 0.283 e. The molecule has 1 aliphatic rings. The van der Waals surface area contributed by atoms with Gasteiger partial charge in [0.05, 0.1) is 12.1 Å². The summed E-state index contributed by atoms with van der Waals surface area (Å²) in [6, 6.07) is 2.46. The standard InChI is InChI=1S/C8H14N2/c1-8(2,3)10-5-4-7(10)6-9/h7H,4-5H2,1-3H3. The smallest absolute Gasteiger partial charge is 0.0994 e. The Labute approximate surface area is 62.4 Å². The zero-order valence-corrected chi connectivity index (χ0v) is 6.89. The highest BCUT2D eigenvalue weighted by molar-refractivity contribution is 5.03. The summed E-state index contributed by atoms with van der Waals surface area (Å²) in [6.45, 7) is 7.53. The number of nitrogens with zero attached hydrogens (tertiary/aromatic N) is 2. The van der Waals surface area contributed by atoms with E-state index in [0.29, 0.717) is 0 Å². The van der Waals surface area contributed by atoms with Gasteiger partial charge in [-0.05, 0) is 27.2 Å². The summed E-state index contributed by atoms with van der Waals surface area (Å²) in [6.07, 6.45) is 1.05. The van der Waals surface area contributed by atoms with Gasteiger partial charge in [-0.25, -0.2) is 0 Å². The highest BCUT2D eigenvalue weighted by atomic mass is 15.3. The van der Waals surface area contributed by atoms with Crippen LogP contribution in [0.5, 0.6) is 0 Å². The molecule has 0 aromatic carbocycles. The molecule has 0 bridgehead atoms. The zero-order valence-electron chi connectivity index (χ0n) is 6.89. The van der Waals surface area contributed by atoms with Gasteiger partial charge in [-0.3, -0.25) is 4.90 Å². The van der Waals surface area contributed by atoms with E-state index in [2.05, 4.69) is 31.7 Å². The van der Waals surface area contributed by atoms with Crippen LogP contribution in [0.2, 0.25) is 0 Å². The monoisotopic (exact) mass is 138 g/mol. The Kier molecular flexibility index (Phi) is 1.70. The summed E-state index contributed by atoms with van der Waals surface area (Å²) < 4.78 is 0. The normalized spacial score (nSPS) is 27.2. The van der Waals surface area contributed by atoms with Gasteiger partial charge in [-0.2, -0.15) is 5.26 Å². The maximum absolute atomic E-state index is 8.63. The van der Waals surface area contributed by atoms with E-state index in [-0.39, 0.29) is 11.6 Å². The molecule has 1 atom stereocenters. The molecule has 0 aromatic rings. The lowest BCUT2D eigenvalue weighted by Gasteiger charge is -2.46. The van der Waals surface area contributed by atoms with Crippen LogP contribution in [0, 0.1) is 11.3 Å².